The standard InChI is InChI=1S/C21H30N2O4S/c1-15-9-11-18(12-10-15)22-19(24)13-28-14-20(25)27-16(2)21(26)23-17-7-5-3-4-6-8-17/h9-12,16-17H,3-8,13-14H2,1-2H3,(H,22,24)(H,23,26)/t16-/m1/s1. The SMILES string of the molecule is Cc1ccc(NC(=O)CSCC(=O)O[C@H](C)C(=O)NC2CCCCCC2)cc1. The van der Waals surface area contributed by atoms with E-state index < -0.39 is 12.1 Å². The monoisotopic (exact) mass is 406 g/mol. The molecule has 154 valence electrons. The molecule has 2 N–H and O–H groups in total. The summed E-state index contributed by atoms with van der Waals surface area (Å²) in [6.07, 6.45) is 5.83. The van der Waals surface area contributed by atoms with Crippen LogP contribution in [0.25, 0.3) is 0 Å². The summed E-state index contributed by atoms with van der Waals surface area (Å²) in [5.74, 6) is -0.742. The molecule has 0 aliphatic heterocycles. The molecule has 28 heavy (non-hydrogen) atoms. The third-order valence-corrected chi connectivity index (χ3v) is 5.57. The zero-order valence-corrected chi connectivity index (χ0v) is 17.5. The number of esters is 1. The number of hydrogen-bond donors (Lipinski definition) is 2. The van der Waals surface area contributed by atoms with Crippen molar-refractivity contribution in [2.45, 2.75) is 64.5 Å². The summed E-state index contributed by atoms with van der Waals surface area (Å²) < 4.78 is 5.19. The average Bonchev–Trinajstić information content (AvgIpc) is 2.92. The van der Waals surface area contributed by atoms with E-state index >= 15 is 0 Å². The molecule has 2 rings (SSSR count). The lowest BCUT2D eigenvalue weighted by atomic mass is 10.1. The number of carbonyl (C=O) groups excluding carboxylic acids is 3. The number of anilines is 1. The van der Waals surface area contributed by atoms with Crippen LogP contribution >= 0.6 is 11.8 Å². The molecule has 1 saturated carbocycles. The fourth-order valence-corrected chi connectivity index (χ4v) is 3.68. The number of rotatable bonds is 8. The molecule has 1 fully saturated rings. The number of thioether (sulfide) groups is 1. The van der Waals surface area contributed by atoms with Crippen LogP contribution in [0.1, 0.15) is 51.0 Å². The molecule has 0 unspecified atom stereocenters. The van der Waals surface area contributed by atoms with Gasteiger partial charge >= 0.3 is 5.97 Å². The third-order valence-electron chi connectivity index (χ3n) is 4.67. The van der Waals surface area contributed by atoms with Crippen LogP contribution in [-0.2, 0) is 19.1 Å². The fourth-order valence-electron chi connectivity index (χ4n) is 3.09. The van der Waals surface area contributed by atoms with Crippen LogP contribution in [0.3, 0.4) is 0 Å². The van der Waals surface area contributed by atoms with E-state index in [0.29, 0.717) is 0 Å². The van der Waals surface area contributed by atoms with E-state index in [1.807, 2.05) is 31.2 Å². The van der Waals surface area contributed by atoms with Crippen LogP contribution in [0.5, 0.6) is 0 Å². The molecule has 1 aromatic rings. The van der Waals surface area contributed by atoms with E-state index in [2.05, 4.69) is 10.6 Å². The Balaban J connectivity index is 1.63. The summed E-state index contributed by atoms with van der Waals surface area (Å²) in [4.78, 5) is 36.0. The maximum absolute atomic E-state index is 12.2. The predicted molar refractivity (Wildman–Crippen MR) is 112 cm³/mol. The van der Waals surface area contributed by atoms with Gasteiger partial charge in [0.25, 0.3) is 5.91 Å². The normalized spacial score (nSPS) is 15.9. The van der Waals surface area contributed by atoms with Crippen LogP contribution in [-0.4, -0.2) is 41.4 Å². The van der Waals surface area contributed by atoms with E-state index in [1.165, 1.54) is 24.6 Å². The molecule has 0 heterocycles. The Morgan fingerprint density at radius 1 is 1.07 bits per heavy atom. The Morgan fingerprint density at radius 2 is 1.71 bits per heavy atom. The predicted octanol–water partition coefficient (Wildman–Crippen LogP) is 3.44. The van der Waals surface area contributed by atoms with Gasteiger partial charge in [0.05, 0.1) is 11.5 Å². The van der Waals surface area contributed by atoms with Gasteiger partial charge in [0.1, 0.15) is 0 Å². The van der Waals surface area contributed by atoms with Crippen molar-refractivity contribution in [3.63, 3.8) is 0 Å². The first-order valence-electron chi connectivity index (χ1n) is 9.88. The lowest BCUT2D eigenvalue weighted by Crippen LogP contribution is -2.42. The minimum absolute atomic E-state index is 0.0301. The molecule has 2 amide bonds. The zero-order valence-electron chi connectivity index (χ0n) is 16.7. The molecule has 1 aliphatic carbocycles. The Morgan fingerprint density at radius 3 is 2.36 bits per heavy atom. The fraction of sp³-hybridized carbons (Fsp3) is 0.571. The first-order valence-corrected chi connectivity index (χ1v) is 11.0. The lowest BCUT2D eigenvalue weighted by Gasteiger charge is -2.19. The minimum atomic E-state index is -0.822. The summed E-state index contributed by atoms with van der Waals surface area (Å²) >= 11 is 1.17. The highest BCUT2D eigenvalue weighted by molar-refractivity contribution is 8.00. The molecule has 0 aromatic heterocycles. The number of amides is 2. The Kier molecular flexibility index (Phi) is 9.34. The average molecular weight is 407 g/mol. The number of hydrogen-bond acceptors (Lipinski definition) is 5. The number of nitrogens with one attached hydrogen (secondary N) is 2. The Labute approximate surface area is 171 Å². The smallest absolute Gasteiger partial charge is 0.316 e. The first-order chi connectivity index (χ1) is 13.4. The van der Waals surface area contributed by atoms with Gasteiger partial charge in [-0.15, -0.1) is 11.8 Å². The van der Waals surface area contributed by atoms with Gasteiger partial charge < -0.3 is 15.4 Å². The maximum atomic E-state index is 12.2. The van der Waals surface area contributed by atoms with Gasteiger partial charge in [-0.2, -0.15) is 0 Å². The van der Waals surface area contributed by atoms with Crippen molar-refractivity contribution in [2.24, 2.45) is 0 Å². The van der Waals surface area contributed by atoms with Crippen molar-refractivity contribution in [3.8, 4) is 0 Å². The summed E-state index contributed by atoms with van der Waals surface area (Å²) in [5, 5.41) is 5.76. The number of carbonyl (C=O) groups is 3. The van der Waals surface area contributed by atoms with Crippen molar-refractivity contribution >= 4 is 35.2 Å². The Hall–Kier alpha value is -2.02. The molecule has 1 aliphatic rings. The lowest BCUT2D eigenvalue weighted by molar-refractivity contribution is -0.152. The van der Waals surface area contributed by atoms with E-state index in [4.69, 9.17) is 4.74 Å². The van der Waals surface area contributed by atoms with E-state index in [1.54, 1.807) is 6.92 Å². The van der Waals surface area contributed by atoms with Crippen LogP contribution in [0.4, 0.5) is 5.69 Å². The quantitative estimate of drug-likeness (QED) is 0.510. The minimum Gasteiger partial charge on any atom is -0.452 e. The molecule has 6 nitrogen and oxygen atoms in total. The molecule has 0 bridgehead atoms. The second kappa shape index (κ2) is 11.7. The molecular weight excluding hydrogens is 376 g/mol. The van der Waals surface area contributed by atoms with Crippen molar-refractivity contribution in [1.82, 2.24) is 5.32 Å². The molecule has 1 atom stereocenters. The molecule has 0 spiro atoms. The highest BCUT2D eigenvalue weighted by Gasteiger charge is 2.21. The number of benzene rings is 1. The molecule has 1 aromatic carbocycles. The molecule has 0 saturated heterocycles. The summed E-state index contributed by atoms with van der Waals surface area (Å²) in [6.45, 7) is 3.56. The van der Waals surface area contributed by atoms with E-state index in [-0.39, 0.29) is 29.4 Å². The van der Waals surface area contributed by atoms with Crippen LogP contribution in [0.2, 0.25) is 0 Å². The number of ether oxygens (including phenoxy) is 1. The summed E-state index contributed by atoms with van der Waals surface area (Å²) in [6, 6.07) is 7.68. The van der Waals surface area contributed by atoms with Crippen LogP contribution in [0.15, 0.2) is 24.3 Å². The highest BCUT2D eigenvalue weighted by atomic mass is 32.2. The molecule has 7 heteroatoms. The van der Waals surface area contributed by atoms with Gasteiger partial charge in [0.15, 0.2) is 6.10 Å². The zero-order chi connectivity index (χ0) is 20.4. The van der Waals surface area contributed by atoms with Crippen molar-refractivity contribution in [1.29, 1.82) is 0 Å². The van der Waals surface area contributed by atoms with Gasteiger partial charge in [-0.05, 0) is 38.8 Å². The maximum Gasteiger partial charge on any atom is 0.316 e. The largest absolute Gasteiger partial charge is 0.452 e. The molecule has 0 radical (unpaired) electrons. The highest BCUT2D eigenvalue weighted by Crippen LogP contribution is 2.17. The van der Waals surface area contributed by atoms with Gasteiger partial charge in [0, 0.05) is 11.7 Å². The van der Waals surface area contributed by atoms with Gasteiger partial charge in [0.2, 0.25) is 5.91 Å². The second-order valence-electron chi connectivity index (χ2n) is 7.24. The topological polar surface area (TPSA) is 84.5 Å². The number of aryl methyl sites for hydroxylation is 1. The van der Waals surface area contributed by atoms with E-state index in [9.17, 15) is 14.4 Å². The van der Waals surface area contributed by atoms with Gasteiger partial charge in [-0.3, -0.25) is 14.4 Å². The third kappa shape index (κ3) is 8.33. The second-order valence-corrected chi connectivity index (χ2v) is 8.22. The molecular formula is C21H30N2O4S. The van der Waals surface area contributed by atoms with E-state index in [0.717, 1.165) is 36.9 Å². The van der Waals surface area contributed by atoms with Gasteiger partial charge in [-0.25, -0.2) is 0 Å². The van der Waals surface area contributed by atoms with Crippen LogP contribution in [0, 0.1) is 6.92 Å². The summed E-state index contributed by atoms with van der Waals surface area (Å²) in [5.41, 5.74) is 1.84. The van der Waals surface area contributed by atoms with Crippen LogP contribution < -0.4 is 10.6 Å². The van der Waals surface area contributed by atoms with Crippen molar-refractivity contribution < 1.29 is 19.1 Å². The van der Waals surface area contributed by atoms with Gasteiger partial charge in [-0.1, -0.05) is 43.4 Å². The van der Waals surface area contributed by atoms with Crippen molar-refractivity contribution in [2.75, 3.05) is 16.8 Å². The Bertz CT molecular complexity index is 655. The summed E-state index contributed by atoms with van der Waals surface area (Å²) in [7, 11) is 0. The van der Waals surface area contributed by atoms with Crippen molar-refractivity contribution in [3.05, 3.63) is 29.8 Å². The first kappa shape index (κ1) is 22.3.